The van der Waals surface area contributed by atoms with Crippen molar-refractivity contribution in [3.63, 3.8) is 0 Å². The van der Waals surface area contributed by atoms with Crippen LogP contribution >= 0.6 is 0 Å². The van der Waals surface area contributed by atoms with Gasteiger partial charge in [0.25, 0.3) is 5.56 Å². The summed E-state index contributed by atoms with van der Waals surface area (Å²) in [5, 5.41) is 0.407. The number of nitrogens with two attached hydrogens (primary N) is 2. The predicted molar refractivity (Wildman–Crippen MR) is 52.5 cm³/mol. The summed E-state index contributed by atoms with van der Waals surface area (Å²) in [6.07, 6.45) is 1.55. The zero-order valence-corrected chi connectivity index (χ0v) is 7.32. The average molecular weight is 191 g/mol. The number of hydrogen-bond acceptors (Lipinski definition) is 5. The summed E-state index contributed by atoms with van der Waals surface area (Å²) in [6.45, 7) is 0.272. The van der Waals surface area contributed by atoms with Gasteiger partial charge in [-0.05, 0) is 11.6 Å². The molecule has 0 aliphatic heterocycles. The van der Waals surface area contributed by atoms with Crippen LogP contribution in [-0.2, 0) is 6.54 Å². The third kappa shape index (κ3) is 1.21. The molecule has 2 rings (SSSR count). The Bertz CT molecular complexity index is 533. The first-order valence-corrected chi connectivity index (χ1v) is 4.06. The number of aromatic amines is 1. The highest BCUT2D eigenvalue weighted by atomic mass is 16.1. The Morgan fingerprint density at radius 2 is 2.29 bits per heavy atom. The van der Waals surface area contributed by atoms with E-state index in [4.69, 9.17) is 11.5 Å². The third-order valence-electron chi connectivity index (χ3n) is 1.93. The maximum Gasteiger partial charge on any atom is 0.262 e. The maximum atomic E-state index is 11.5. The van der Waals surface area contributed by atoms with Crippen molar-refractivity contribution in [3.8, 4) is 0 Å². The molecule has 0 bridgehead atoms. The van der Waals surface area contributed by atoms with Crippen molar-refractivity contribution < 1.29 is 0 Å². The molecule has 2 heterocycles. The van der Waals surface area contributed by atoms with Crippen molar-refractivity contribution in [1.82, 2.24) is 15.0 Å². The lowest BCUT2D eigenvalue weighted by molar-refractivity contribution is 1.06. The molecule has 0 aliphatic carbocycles. The van der Waals surface area contributed by atoms with Crippen molar-refractivity contribution in [2.24, 2.45) is 5.73 Å². The Hall–Kier alpha value is -1.95. The Balaban J connectivity index is 2.94. The molecule has 0 fully saturated rings. The number of rotatable bonds is 1. The van der Waals surface area contributed by atoms with Crippen LogP contribution in [0.1, 0.15) is 5.56 Å². The largest absolute Gasteiger partial charge is 0.369 e. The van der Waals surface area contributed by atoms with Crippen LogP contribution in [0, 0.1) is 0 Å². The molecule has 72 valence electrons. The van der Waals surface area contributed by atoms with Gasteiger partial charge in [-0.15, -0.1) is 0 Å². The molecule has 0 saturated carbocycles. The van der Waals surface area contributed by atoms with Gasteiger partial charge in [0.1, 0.15) is 0 Å². The highest BCUT2D eigenvalue weighted by Crippen LogP contribution is 2.09. The first kappa shape index (κ1) is 8.64. The van der Waals surface area contributed by atoms with E-state index in [0.717, 1.165) is 0 Å². The summed E-state index contributed by atoms with van der Waals surface area (Å²) in [7, 11) is 0. The molecule has 14 heavy (non-hydrogen) atoms. The average Bonchev–Trinajstić information content (AvgIpc) is 2.16. The van der Waals surface area contributed by atoms with Gasteiger partial charge in [-0.25, -0.2) is 4.98 Å². The van der Waals surface area contributed by atoms with E-state index >= 15 is 0 Å². The van der Waals surface area contributed by atoms with Crippen LogP contribution in [0.3, 0.4) is 0 Å². The topological polar surface area (TPSA) is 111 Å². The Labute approximate surface area is 79.0 Å². The number of aromatic nitrogens is 3. The number of nitrogen functional groups attached to an aromatic ring is 1. The van der Waals surface area contributed by atoms with E-state index in [1.807, 2.05) is 0 Å². The summed E-state index contributed by atoms with van der Waals surface area (Å²) < 4.78 is 0. The molecule has 6 heteroatoms. The zero-order valence-electron chi connectivity index (χ0n) is 7.32. The van der Waals surface area contributed by atoms with Gasteiger partial charge in [0, 0.05) is 12.7 Å². The molecule has 0 atom stereocenters. The second-order valence-electron chi connectivity index (χ2n) is 2.82. The van der Waals surface area contributed by atoms with E-state index < -0.39 is 0 Å². The fraction of sp³-hybridized carbons (Fsp3) is 0.125. The highest BCUT2D eigenvalue weighted by Gasteiger charge is 2.06. The normalized spacial score (nSPS) is 10.6. The standard InChI is InChI=1S/C8H9N5O/c9-3-4-1-2-11-6-5(4)7(14)13-8(10)12-6/h1-2H,3,9H2,(H3,10,11,12,13,14). The molecular weight excluding hydrogens is 182 g/mol. The molecule has 0 aromatic carbocycles. The quantitative estimate of drug-likeness (QED) is 0.555. The van der Waals surface area contributed by atoms with Gasteiger partial charge < -0.3 is 11.5 Å². The van der Waals surface area contributed by atoms with Crippen molar-refractivity contribution >= 4 is 17.0 Å². The lowest BCUT2D eigenvalue weighted by Gasteiger charge is -2.01. The predicted octanol–water partition coefficient (Wildman–Crippen LogP) is -0.641. The Kier molecular flexibility index (Phi) is 1.90. The van der Waals surface area contributed by atoms with E-state index in [9.17, 15) is 4.79 Å². The second-order valence-corrected chi connectivity index (χ2v) is 2.82. The fourth-order valence-corrected chi connectivity index (χ4v) is 1.31. The number of anilines is 1. The van der Waals surface area contributed by atoms with E-state index in [2.05, 4.69) is 15.0 Å². The molecule has 0 saturated heterocycles. The molecule has 5 N–H and O–H groups in total. The van der Waals surface area contributed by atoms with Gasteiger partial charge in [0.05, 0.1) is 5.39 Å². The van der Waals surface area contributed by atoms with E-state index in [1.165, 1.54) is 0 Å². The summed E-state index contributed by atoms with van der Waals surface area (Å²) in [5.41, 5.74) is 11.6. The number of H-pyrrole nitrogens is 1. The van der Waals surface area contributed by atoms with Gasteiger partial charge in [-0.2, -0.15) is 4.98 Å². The van der Waals surface area contributed by atoms with Crippen LogP contribution in [0.25, 0.3) is 11.0 Å². The number of pyridine rings is 1. The number of hydrogen-bond donors (Lipinski definition) is 3. The van der Waals surface area contributed by atoms with Gasteiger partial charge in [-0.1, -0.05) is 0 Å². The van der Waals surface area contributed by atoms with Gasteiger partial charge in [0.2, 0.25) is 5.95 Å². The lowest BCUT2D eigenvalue weighted by Crippen LogP contribution is -2.14. The van der Waals surface area contributed by atoms with Crippen LogP contribution in [0.15, 0.2) is 17.1 Å². The molecule has 2 aromatic heterocycles. The minimum atomic E-state index is -0.305. The van der Waals surface area contributed by atoms with Crippen molar-refractivity contribution in [1.29, 1.82) is 0 Å². The van der Waals surface area contributed by atoms with Gasteiger partial charge in [-0.3, -0.25) is 9.78 Å². The molecule has 0 amide bonds. The third-order valence-corrected chi connectivity index (χ3v) is 1.93. The summed E-state index contributed by atoms with van der Waals surface area (Å²) >= 11 is 0. The molecule has 0 unspecified atom stereocenters. The van der Waals surface area contributed by atoms with Crippen LogP contribution in [0.2, 0.25) is 0 Å². The summed E-state index contributed by atoms with van der Waals surface area (Å²) in [4.78, 5) is 21.8. The van der Waals surface area contributed by atoms with Gasteiger partial charge >= 0.3 is 0 Å². The molecular formula is C8H9N5O. The van der Waals surface area contributed by atoms with Crippen LogP contribution in [-0.4, -0.2) is 15.0 Å². The van der Waals surface area contributed by atoms with Crippen LogP contribution < -0.4 is 17.0 Å². The maximum absolute atomic E-state index is 11.5. The van der Waals surface area contributed by atoms with Crippen molar-refractivity contribution in [3.05, 3.63) is 28.2 Å². The second kappa shape index (κ2) is 3.08. The molecule has 0 spiro atoms. The molecule has 0 radical (unpaired) electrons. The number of fused-ring (bicyclic) bond motifs is 1. The van der Waals surface area contributed by atoms with E-state index in [0.29, 0.717) is 16.6 Å². The number of nitrogens with zero attached hydrogens (tertiary/aromatic N) is 2. The first-order valence-electron chi connectivity index (χ1n) is 4.06. The van der Waals surface area contributed by atoms with Crippen molar-refractivity contribution in [2.45, 2.75) is 6.54 Å². The Morgan fingerprint density at radius 3 is 3.00 bits per heavy atom. The van der Waals surface area contributed by atoms with Crippen molar-refractivity contribution in [2.75, 3.05) is 5.73 Å². The fourth-order valence-electron chi connectivity index (χ4n) is 1.31. The highest BCUT2D eigenvalue weighted by molar-refractivity contribution is 5.78. The number of nitrogens with one attached hydrogen (secondary N) is 1. The molecule has 0 aliphatic rings. The van der Waals surface area contributed by atoms with E-state index in [1.54, 1.807) is 12.3 Å². The van der Waals surface area contributed by atoms with E-state index in [-0.39, 0.29) is 18.1 Å². The van der Waals surface area contributed by atoms with Gasteiger partial charge in [0.15, 0.2) is 5.65 Å². The minimum Gasteiger partial charge on any atom is -0.369 e. The molecule has 2 aromatic rings. The lowest BCUT2D eigenvalue weighted by atomic mass is 10.2. The Morgan fingerprint density at radius 1 is 1.50 bits per heavy atom. The SMILES string of the molecule is NCc1ccnc2nc(N)[nH]c(=O)c12. The summed E-state index contributed by atoms with van der Waals surface area (Å²) in [5.74, 6) is 0.0594. The smallest absolute Gasteiger partial charge is 0.262 e. The van der Waals surface area contributed by atoms with Crippen LogP contribution in [0.4, 0.5) is 5.95 Å². The monoisotopic (exact) mass is 191 g/mol. The minimum absolute atomic E-state index is 0.0594. The first-order chi connectivity index (χ1) is 6.72. The zero-order chi connectivity index (χ0) is 10.1. The van der Waals surface area contributed by atoms with Crippen LogP contribution in [0.5, 0.6) is 0 Å². The molecule has 6 nitrogen and oxygen atoms in total. The summed E-state index contributed by atoms with van der Waals surface area (Å²) in [6, 6.07) is 1.69.